The lowest BCUT2D eigenvalue weighted by Gasteiger charge is -2.03. The van der Waals surface area contributed by atoms with Crippen molar-refractivity contribution in [3.63, 3.8) is 0 Å². The van der Waals surface area contributed by atoms with Gasteiger partial charge in [-0.2, -0.15) is 0 Å². The lowest BCUT2D eigenvalue weighted by atomic mass is 10.1. The zero-order chi connectivity index (χ0) is 19.4. The summed E-state index contributed by atoms with van der Waals surface area (Å²) in [5.74, 6) is 3.47. The molecule has 154 valence electrons. The van der Waals surface area contributed by atoms with E-state index in [0.717, 1.165) is 5.88 Å². The van der Waals surface area contributed by atoms with E-state index >= 15 is 0 Å². The first-order chi connectivity index (χ1) is 11.9. The molecule has 0 amide bonds. The molecule has 0 aliphatic heterocycles. The number of hydrogen-bond acceptors (Lipinski definition) is 4. The number of unbranched alkanes of at least 4 members (excludes halogenated alkanes) is 9. The van der Waals surface area contributed by atoms with Crippen LogP contribution in [0.2, 0.25) is 0 Å². The van der Waals surface area contributed by atoms with Crippen molar-refractivity contribution in [1.29, 1.82) is 0 Å². The van der Waals surface area contributed by atoms with Crippen LogP contribution in [0.1, 0.15) is 71.1 Å². The molecule has 25 heavy (non-hydrogen) atoms. The predicted octanol–water partition coefficient (Wildman–Crippen LogP) is 5.10. The average Bonchev–Trinajstić information content (AvgIpc) is 2.55. The first kappa shape index (κ1) is 28.0. The van der Waals surface area contributed by atoms with Gasteiger partial charge in [0.15, 0.2) is 0 Å². The van der Waals surface area contributed by atoms with Crippen LogP contribution in [-0.2, 0) is 25.5 Å². The molecule has 0 spiro atoms. The lowest BCUT2D eigenvalue weighted by molar-refractivity contribution is 0.276. The molecule has 0 heterocycles. The van der Waals surface area contributed by atoms with Crippen LogP contribution in [0.4, 0.5) is 0 Å². The van der Waals surface area contributed by atoms with Crippen LogP contribution < -0.4 is 0 Å². The molecule has 0 aromatic rings. The van der Waals surface area contributed by atoms with Gasteiger partial charge in [-0.1, -0.05) is 58.3 Å². The van der Waals surface area contributed by atoms with Crippen molar-refractivity contribution in [1.82, 2.24) is 0 Å². The lowest BCUT2D eigenvalue weighted by Crippen LogP contribution is -2.10. The van der Waals surface area contributed by atoms with Gasteiger partial charge in [-0.15, -0.1) is 23.2 Å². The topological polar surface area (TPSA) is 66.4 Å². The molecule has 0 N–H and O–H groups in total. The van der Waals surface area contributed by atoms with Gasteiger partial charge in [0.25, 0.3) is 0 Å². The maximum atomic E-state index is 9.55. The van der Waals surface area contributed by atoms with E-state index in [4.69, 9.17) is 23.2 Å². The van der Waals surface area contributed by atoms with Crippen molar-refractivity contribution in [2.45, 2.75) is 71.1 Å². The Morgan fingerprint density at radius 3 is 1.68 bits per heavy atom. The normalized spacial score (nSPS) is 12.5. The van der Waals surface area contributed by atoms with Gasteiger partial charge in [0, 0.05) is 5.88 Å². The van der Waals surface area contributed by atoms with Crippen LogP contribution in [0.25, 0.3) is 0 Å². The molecule has 8 heteroatoms. The third-order valence-electron chi connectivity index (χ3n) is 3.58. The Hall–Kier alpha value is 0.800. The van der Waals surface area contributed by atoms with Crippen LogP contribution in [-0.4, -0.2) is 49.1 Å². The van der Waals surface area contributed by atoms with E-state index in [1.165, 1.54) is 75.7 Å². The molecule has 0 aliphatic carbocycles. The highest BCUT2D eigenvalue weighted by atomic mass is 35.5. The Bertz CT molecular complexity index is 355. The third-order valence-corrected chi connectivity index (χ3v) is 6.49. The van der Waals surface area contributed by atoms with Gasteiger partial charge in [0.2, 0.25) is 10.4 Å². The Kier molecular flexibility index (Phi) is 23.6. The summed E-state index contributed by atoms with van der Waals surface area (Å²) in [7, 11) is -3.94. The smallest absolute Gasteiger partial charge is 0.217 e. The van der Waals surface area contributed by atoms with E-state index < -0.39 is 10.4 Å². The van der Waals surface area contributed by atoms with Crippen molar-refractivity contribution >= 4 is 44.5 Å². The maximum Gasteiger partial charge on any atom is 0.217 e. The van der Waals surface area contributed by atoms with Gasteiger partial charge in [-0.25, -0.2) is 8.42 Å². The van der Waals surface area contributed by atoms with Crippen molar-refractivity contribution < 1.29 is 17.2 Å². The Labute approximate surface area is 168 Å². The van der Waals surface area contributed by atoms with Gasteiger partial charge < -0.3 is 4.55 Å². The maximum absolute atomic E-state index is 9.55. The second-order valence-electron chi connectivity index (χ2n) is 5.98. The summed E-state index contributed by atoms with van der Waals surface area (Å²) in [5, 5.41) is 0. The fourth-order valence-corrected chi connectivity index (χ4v) is 4.61. The molecule has 0 fully saturated rings. The summed E-state index contributed by atoms with van der Waals surface area (Å²) in [4.78, 5) is 0. The molecule has 0 aromatic heterocycles. The summed E-state index contributed by atoms with van der Waals surface area (Å²) < 4.78 is 32.3. The molecule has 0 saturated carbocycles. The highest BCUT2D eigenvalue weighted by molar-refractivity contribution is 7.96. The van der Waals surface area contributed by atoms with E-state index in [2.05, 4.69) is 17.4 Å². The number of halogens is 2. The summed E-state index contributed by atoms with van der Waals surface area (Å²) in [6, 6.07) is 0. The highest BCUT2D eigenvalue weighted by Gasteiger charge is 2.08. The summed E-state index contributed by atoms with van der Waals surface area (Å²) in [6.45, 7) is 2.03. The predicted molar refractivity (Wildman–Crippen MR) is 112 cm³/mol. The van der Waals surface area contributed by atoms with Gasteiger partial charge >= 0.3 is 0 Å². The summed E-state index contributed by atoms with van der Waals surface area (Å²) in [5.41, 5.74) is 0. The van der Waals surface area contributed by atoms with Gasteiger partial charge in [0.05, 0.1) is 18.7 Å². The number of rotatable bonds is 16. The fourth-order valence-electron chi connectivity index (χ4n) is 2.20. The van der Waals surface area contributed by atoms with Crippen molar-refractivity contribution in [3.05, 3.63) is 0 Å². The summed E-state index contributed by atoms with van der Waals surface area (Å²) >= 11 is 10.7. The zero-order valence-corrected chi connectivity index (χ0v) is 19.0. The van der Waals surface area contributed by atoms with Gasteiger partial charge in [-0.05, 0) is 23.7 Å². The van der Waals surface area contributed by atoms with E-state index in [-0.39, 0.29) is 12.5 Å². The molecular weight excluding hydrogens is 403 g/mol. The monoisotopic (exact) mass is 438 g/mol. The zero-order valence-electron chi connectivity index (χ0n) is 15.8. The van der Waals surface area contributed by atoms with E-state index in [9.17, 15) is 13.0 Å². The standard InChI is InChI=1S/C15H32ClS.C2H5ClO4S/c1-3-4-5-6-7-8-9-10-11-12-14-17(2)15-13-16;3-1-2-7-8(4,5)6/h3-15H2,1-2H3;1-2H2,(H,4,5,6)/q+1;/p-1. The number of hydrogen-bond donors (Lipinski definition) is 0. The van der Waals surface area contributed by atoms with Crippen LogP contribution in [0.3, 0.4) is 0 Å². The molecule has 0 aliphatic rings. The molecule has 4 nitrogen and oxygen atoms in total. The van der Waals surface area contributed by atoms with Gasteiger partial charge in [-0.3, -0.25) is 4.18 Å². The second-order valence-corrected chi connectivity index (χ2v) is 10.2. The molecular formula is C17H36Cl2O4S2. The van der Waals surface area contributed by atoms with E-state index in [0.29, 0.717) is 10.9 Å². The summed E-state index contributed by atoms with van der Waals surface area (Å²) in [6.07, 6.45) is 16.8. The Morgan fingerprint density at radius 2 is 1.32 bits per heavy atom. The third kappa shape index (κ3) is 29.8. The minimum absolute atomic E-state index is 0.00146. The molecule has 1 unspecified atom stereocenters. The second kappa shape index (κ2) is 21.1. The largest absolute Gasteiger partial charge is 0.726 e. The molecule has 0 radical (unpaired) electrons. The molecule has 1 atom stereocenters. The first-order valence-corrected chi connectivity index (χ1v) is 13.6. The molecule has 0 saturated heterocycles. The van der Waals surface area contributed by atoms with Gasteiger partial charge in [0.1, 0.15) is 11.5 Å². The fraction of sp³-hybridized carbons (Fsp3) is 1.00. The SMILES string of the molecule is CCCCCCCCCCCC[S+](C)CCCl.O=S(=O)([O-])OCCCl. The van der Waals surface area contributed by atoms with Crippen LogP contribution in [0.5, 0.6) is 0 Å². The van der Waals surface area contributed by atoms with Crippen LogP contribution in [0, 0.1) is 0 Å². The minimum Gasteiger partial charge on any atom is -0.726 e. The van der Waals surface area contributed by atoms with Crippen LogP contribution in [0.15, 0.2) is 0 Å². The van der Waals surface area contributed by atoms with Crippen molar-refractivity contribution in [2.24, 2.45) is 0 Å². The minimum atomic E-state index is -4.52. The van der Waals surface area contributed by atoms with Crippen LogP contribution >= 0.6 is 23.2 Å². The number of alkyl halides is 2. The average molecular weight is 440 g/mol. The quantitative estimate of drug-likeness (QED) is 0.110. The molecule has 0 rings (SSSR count). The highest BCUT2D eigenvalue weighted by Crippen LogP contribution is 2.11. The van der Waals surface area contributed by atoms with E-state index in [1.807, 2.05) is 0 Å². The molecule has 0 aromatic carbocycles. The Morgan fingerprint density at radius 1 is 0.840 bits per heavy atom. The first-order valence-electron chi connectivity index (χ1n) is 9.18. The molecule has 0 bridgehead atoms. The van der Waals surface area contributed by atoms with E-state index in [1.54, 1.807) is 0 Å². The van der Waals surface area contributed by atoms with Crippen molar-refractivity contribution in [2.75, 3.05) is 36.1 Å². The van der Waals surface area contributed by atoms with Crippen molar-refractivity contribution in [3.8, 4) is 0 Å². The Balaban J connectivity index is 0.